The van der Waals surface area contributed by atoms with E-state index in [0.29, 0.717) is 12.5 Å². The average molecular weight is 303 g/mol. The second kappa shape index (κ2) is 8.41. The van der Waals surface area contributed by atoms with E-state index in [1.807, 2.05) is 31.2 Å². The summed E-state index contributed by atoms with van der Waals surface area (Å²) < 4.78 is 5.38. The zero-order valence-electron chi connectivity index (χ0n) is 13.4. The van der Waals surface area contributed by atoms with Crippen LogP contribution in [0.3, 0.4) is 0 Å². The highest BCUT2D eigenvalue weighted by molar-refractivity contribution is 5.87. The van der Waals surface area contributed by atoms with Gasteiger partial charge in [0.1, 0.15) is 5.75 Å². The first-order valence-corrected chi connectivity index (χ1v) is 7.98. The summed E-state index contributed by atoms with van der Waals surface area (Å²) in [5.41, 5.74) is 4.63. The van der Waals surface area contributed by atoms with Crippen LogP contribution in [0, 0.1) is 5.92 Å². The lowest BCUT2D eigenvalue weighted by atomic mass is 9.89. The van der Waals surface area contributed by atoms with Gasteiger partial charge in [-0.1, -0.05) is 6.92 Å². The van der Waals surface area contributed by atoms with E-state index in [4.69, 9.17) is 4.74 Å². The van der Waals surface area contributed by atoms with Gasteiger partial charge in [-0.25, -0.2) is 5.43 Å². The second-order valence-electron chi connectivity index (χ2n) is 5.73. The summed E-state index contributed by atoms with van der Waals surface area (Å²) in [6, 6.07) is 7.56. The lowest BCUT2D eigenvalue weighted by Gasteiger charge is -2.18. The Morgan fingerprint density at radius 1 is 1.36 bits per heavy atom. The van der Waals surface area contributed by atoms with Crippen LogP contribution in [-0.2, 0) is 4.79 Å². The fraction of sp³-hybridized carbons (Fsp3) is 0.529. The molecule has 5 nitrogen and oxygen atoms in total. The predicted octanol–water partition coefficient (Wildman–Crippen LogP) is 3.18. The highest BCUT2D eigenvalue weighted by Gasteiger charge is 2.14. The quantitative estimate of drug-likeness (QED) is 0.793. The van der Waals surface area contributed by atoms with Gasteiger partial charge in [-0.2, -0.15) is 5.10 Å². The monoisotopic (exact) mass is 303 g/mol. The van der Waals surface area contributed by atoms with E-state index in [1.54, 1.807) is 0 Å². The van der Waals surface area contributed by atoms with E-state index >= 15 is 0 Å². The number of nitrogens with one attached hydrogen (secondary N) is 2. The molecule has 0 bridgehead atoms. The molecule has 120 valence electrons. The maximum atomic E-state index is 11.8. The first-order chi connectivity index (χ1) is 10.7. The number of hydrogen-bond acceptors (Lipinski definition) is 4. The molecule has 22 heavy (non-hydrogen) atoms. The number of hydrazone groups is 1. The van der Waals surface area contributed by atoms with Gasteiger partial charge in [0.05, 0.1) is 13.2 Å². The number of nitrogens with zero attached hydrogens (tertiary/aromatic N) is 1. The van der Waals surface area contributed by atoms with Crippen molar-refractivity contribution in [1.82, 2.24) is 5.43 Å². The molecule has 1 aromatic rings. The van der Waals surface area contributed by atoms with Crippen LogP contribution in [0.4, 0.5) is 5.69 Å². The van der Waals surface area contributed by atoms with Crippen molar-refractivity contribution in [2.45, 2.75) is 39.5 Å². The first-order valence-electron chi connectivity index (χ1n) is 7.98. The zero-order chi connectivity index (χ0) is 15.8. The molecular formula is C17H25N3O2. The number of benzene rings is 1. The molecule has 1 aliphatic carbocycles. The lowest BCUT2D eigenvalue weighted by molar-refractivity contribution is -0.119. The van der Waals surface area contributed by atoms with E-state index in [-0.39, 0.29) is 12.5 Å². The summed E-state index contributed by atoms with van der Waals surface area (Å²) in [4.78, 5) is 11.8. The molecule has 2 N–H and O–H groups in total. The Morgan fingerprint density at radius 2 is 2.14 bits per heavy atom. The van der Waals surface area contributed by atoms with Crippen molar-refractivity contribution in [1.29, 1.82) is 0 Å². The second-order valence-corrected chi connectivity index (χ2v) is 5.73. The van der Waals surface area contributed by atoms with Crippen LogP contribution < -0.4 is 15.5 Å². The molecule has 1 amide bonds. The normalized spacial score (nSPS) is 19.7. The molecule has 0 heterocycles. The number of anilines is 1. The average Bonchev–Trinajstić information content (AvgIpc) is 2.53. The molecule has 5 heteroatoms. The van der Waals surface area contributed by atoms with E-state index in [2.05, 4.69) is 22.8 Å². The molecular weight excluding hydrogens is 278 g/mol. The van der Waals surface area contributed by atoms with E-state index in [0.717, 1.165) is 30.0 Å². The number of hydrogen-bond donors (Lipinski definition) is 2. The van der Waals surface area contributed by atoms with Crippen LogP contribution in [0.25, 0.3) is 0 Å². The molecule has 1 aliphatic rings. The lowest BCUT2D eigenvalue weighted by Crippen LogP contribution is -2.27. The third kappa shape index (κ3) is 5.39. The number of carbonyl (C=O) groups is 1. The van der Waals surface area contributed by atoms with Gasteiger partial charge in [0.25, 0.3) is 5.91 Å². The van der Waals surface area contributed by atoms with Gasteiger partial charge in [0, 0.05) is 11.4 Å². The maximum Gasteiger partial charge on any atom is 0.259 e. The Morgan fingerprint density at radius 3 is 2.82 bits per heavy atom. The molecule has 0 saturated heterocycles. The van der Waals surface area contributed by atoms with Crippen LogP contribution in [0.5, 0.6) is 5.75 Å². The Bertz CT molecular complexity index is 511. The zero-order valence-corrected chi connectivity index (χ0v) is 13.4. The summed E-state index contributed by atoms with van der Waals surface area (Å²) in [5.74, 6) is 1.38. The largest absolute Gasteiger partial charge is 0.494 e. The van der Waals surface area contributed by atoms with Crippen molar-refractivity contribution in [3.63, 3.8) is 0 Å². The molecule has 0 spiro atoms. The Hall–Kier alpha value is -2.04. The fourth-order valence-electron chi connectivity index (χ4n) is 2.56. The smallest absolute Gasteiger partial charge is 0.259 e. The molecule has 1 atom stereocenters. The minimum Gasteiger partial charge on any atom is -0.494 e. The summed E-state index contributed by atoms with van der Waals surface area (Å²) in [5, 5.41) is 7.31. The fourth-order valence-corrected chi connectivity index (χ4v) is 2.56. The van der Waals surface area contributed by atoms with Crippen LogP contribution in [0.2, 0.25) is 0 Å². The van der Waals surface area contributed by atoms with E-state index in [1.165, 1.54) is 12.8 Å². The molecule has 2 rings (SSSR count). The summed E-state index contributed by atoms with van der Waals surface area (Å²) in [6.45, 7) is 5.03. The highest BCUT2D eigenvalue weighted by atomic mass is 16.5. The van der Waals surface area contributed by atoms with E-state index < -0.39 is 0 Å². The van der Waals surface area contributed by atoms with Gasteiger partial charge in [-0.3, -0.25) is 4.79 Å². The Labute approximate surface area is 132 Å². The van der Waals surface area contributed by atoms with Crippen molar-refractivity contribution in [3.05, 3.63) is 24.3 Å². The highest BCUT2D eigenvalue weighted by Crippen LogP contribution is 2.20. The minimum absolute atomic E-state index is 0.125. The third-order valence-electron chi connectivity index (χ3n) is 3.70. The summed E-state index contributed by atoms with van der Waals surface area (Å²) in [7, 11) is 0. The van der Waals surface area contributed by atoms with Crippen molar-refractivity contribution in [3.8, 4) is 5.75 Å². The number of amides is 1. The molecule has 1 saturated carbocycles. The van der Waals surface area contributed by atoms with Gasteiger partial charge in [-0.15, -0.1) is 0 Å². The van der Waals surface area contributed by atoms with Crippen molar-refractivity contribution < 1.29 is 9.53 Å². The van der Waals surface area contributed by atoms with Crippen LogP contribution in [0.15, 0.2) is 29.4 Å². The number of carbonyl (C=O) groups excluding carboxylic acids is 1. The van der Waals surface area contributed by atoms with Crippen molar-refractivity contribution in [2.24, 2.45) is 11.0 Å². The molecule has 1 aromatic carbocycles. The van der Waals surface area contributed by atoms with E-state index in [9.17, 15) is 4.79 Å². The predicted molar refractivity (Wildman–Crippen MR) is 89.3 cm³/mol. The summed E-state index contributed by atoms with van der Waals surface area (Å²) in [6.07, 6.45) is 4.41. The van der Waals surface area contributed by atoms with Gasteiger partial charge >= 0.3 is 0 Å². The Kier molecular flexibility index (Phi) is 6.25. The number of rotatable bonds is 6. The SMILES string of the molecule is CCOc1ccc(NCC(=O)N/N=C2\CCCC(C)C2)cc1. The van der Waals surface area contributed by atoms with Crippen LogP contribution in [-0.4, -0.2) is 24.8 Å². The topological polar surface area (TPSA) is 62.7 Å². The maximum absolute atomic E-state index is 11.8. The van der Waals surface area contributed by atoms with Crippen LogP contribution >= 0.6 is 0 Å². The van der Waals surface area contributed by atoms with Gasteiger partial charge in [-0.05, 0) is 62.8 Å². The van der Waals surface area contributed by atoms with Gasteiger partial charge in [0.15, 0.2) is 0 Å². The molecule has 0 aliphatic heterocycles. The van der Waals surface area contributed by atoms with Crippen molar-refractivity contribution in [2.75, 3.05) is 18.5 Å². The molecule has 0 aromatic heterocycles. The first kappa shape index (κ1) is 16.3. The third-order valence-corrected chi connectivity index (χ3v) is 3.70. The van der Waals surface area contributed by atoms with Crippen molar-refractivity contribution >= 4 is 17.3 Å². The standard InChI is InChI=1S/C17H25N3O2/c1-3-22-16-9-7-14(8-10-16)18-12-17(21)20-19-15-6-4-5-13(2)11-15/h7-10,13,18H,3-6,11-12H2,1-2H3,(H,20,21)/b19-15+. The van der Waals surface area contributed by atoms with Gasteiger partial charge in [0.2, 0.25) is 0 Å². The summed E-state index contributed by atoms with van der Waals surface area (Å²) >= 11 is 0. The molecule has 1 unspecified atom stereocenters. The molecule has 0 radical (unpaired) electrons. The minimum atomic E-state index is -0.125. The van der Waals surface area contributed by atoms with Gasteiger partial charge < -0.3 is 10.1 Å². The Balaban J connectivity index is 1.74. The number of ether oxygens (including phenoxy) is 1. The van der Waals surface area contributed by atoms with Crippen LogP contribution in [0.1, 0.15) is 39.5 Å². The molecule has 1 fully saturated rings.